The minimum Gasteiger partial charge on any atom is -0.0622 e. The molecule has 3 fully saturated rings. The highest BCUT2D eigenvalue weighted by atomic mass is 14.6. The third-order valence-corrected chi connectivity index (χ3v) is 5.12. The van der Waals surface area contributed by atoms with Crippen molar-refractivity contribution in [1.82, 2.24) is 0 Å². The quantitative estimate of drug-likeness (QED) is 0.557. The molecule has 0 nitrogen and oxygen atoms in total. The van der Waals surface area contributed by atoms with Gasteiger partial charge >= 0.3 is 0 Å². The van der Waals surface area contributed by atoms with Crippen molar-refractivity contribution in [2.75, 3.05) is 0 Å². The molecule has 3 saturated carbocycles. The molecule has 3 aliphatic carbocycles. The van der Waals surface area contributed by atoms with Crippen LogP contribution in [0.5, 0.6) is 0 Å². The fraction of sp³-hybridized carbons (Fsp3) is 1.00. The summed E-state index contributed by atoms with van der Waals surface area (Å²) in [4.78, 5) is 0. The Morgan fingerprint density at radius 2 is 1.92 bits per heavy atom. The molecule has 3 rings (SSSR count). The van der Waals surface area contributed by atoms with Crippen molar-refractivity contribution < 1.29 is 0 Å². The second kappa shape index (κ2) is 2.49. The predicted octanol–water partition coefficient (Wildman–Crippen LogP) is 3.71. The van der Waals surface area contributed by atoms with Crippen LogP contribution in [0.1, 0.15) is 47.0 Å². The van der Waals surface area contributed by atoms with Gasteiger partial charge in [0.25, 0.3) is 0 Å². The largest absolute Gasteiger partial charge is 0.0622 e. The van der Waals surface area contributed by atoms with E-state index < -0.39 is 0 Å². The molecule has 0 aromatic carbocycles. The van der Waals surface area contributed by atoms with Gasteiger partial charge in [0.15, 0.2) is 0 Å². The van der Waals surface area contributed by atoms with Gasteiger partial charge in [-0.05, 0) is 41.9 Å². The minimum atomic E-state index is 0.706. The highest BCUT2D eigenvalue weighted by Crippen LogP contribution is 2.64. The van der Waals surface area contributed by atoms with Gasteiger partial charge in [0, 0.05) is 0 Å². The number of fused-ring (bicyclic) bond motifs is 2. The molecule has 0 heterocycles. The molecule has 2 bridgehead atoms. The predicted molar refractivity (Wildman–Crippen MR) is 52.9 cm³/mol. The van der Waals surface area contributed by atoms with Crippen LogP contribution < -0.4 is 0 Å². The van der Waals surface area contributed by atoms with Crippen molar-refractivity contribution in [2.24, 2.45) is 29.1 Å². The van der Waals surface area contributed by atoms with E-state index in [2.05, 4.69) is 27.7 Å². The van der Waals surface area contributed by atoms with Crippen molar-refractivity contribution >= 4 is 0 Å². The van der Waals surface area contributed by atoms with Gasteiger partial charge in [0.1, 0.15) is 0 Å². The van der Waals surface area contributed by atoms with E-state index in [0.717, 1.165) is 23.7 Å². The highest BCUT2D eigenvalue weighted by molar-refractivity contribution is 5.05. The molecular weight excluding hydrogens is 144 g/mol. The Hall–Kier alpha value is 0. The summed E-state index contributed by atoms with van der Waals surface area (Å²) in [7, 11) is 0. The first-order valence-corrected chi connectivity index (χ1v) is 5.56. The standard InChI is InChI=1S/C12H22/c1-8(2)12(4)10-6-5-9(3)11(12)7-10/h8-11H,5-7H2,1-4H3/t9?,10-,11-,12?/m0/s1. The molecule has 0 N–H and O–H groups in total. The lowest BCUT2D eigenvalue weighted by Crippen LogP contribution is -2.56. The Morgan fingerprint density at radius 3 is 2.25 bits per heavy atom. The highest BCUT2D eigenvalue weighted by Gasteiger charge is 2.56. The zero-order valence-electron chi connectivity index (χ0n) is 8.93. The normalized spacial score (nSPS) is 52.2. The van der Waals surface area contributed by atoms with Crippen molar-refractivity contribution in [1.29, 1.82) is 0 Å². The fourth-order valence-corrected chi connectivity index (χ4v) is 3.80. The van der Waals surface area contributed by atoms with Crippen molar-refractivity contribution in [3.05, 3.63) is 0 Å². The topological polar surface area (TPSA) is 0 Å². The molecule has 0 heteroatoms. The first-order valence-electron chi connectivity index (χ1n) is 5.56. The summed E-state index contributed by atoms with van der Waals surface area (Å²) in [5, 5.41) is 0. The molecule has 0 aromatic rings. The zero-order chi connectivity index (χ0) is 8.93. The zero-order valence-corrected chi connectivity index (χ0v) is 8.93. The summed E-state index contributed by atoms with van der Waals surface area (Å²) in [5.74, 6) is 4.02. The summed E-state index contributed by atoms with van der Waals surface area (Å²) >= 11 is 0. The molecule has 70 valence electrons. The molecule has 12 heavy (non-hydrogen) atoms. The SMILES string of the molecule is CC1CC[C@H]2C[C@@H]1C2(C)C(C)C. The van der Waals surface area contributed by atoms with E-state index >= 15 is 0 Å². The van der Waals surface area contributed by atoms with Crippen LogP contribution >= 0.6 is 0 Å². The van der Waals surface area contributed by atoms with Crippen LogP contribution in [0, 0.1) is 29.1 Å². The molecule has 0 spiro atoms. The van der Waals surface area contributed by atoms with E-state index in [0.29, 0.717) is 5.41 Å². The molecular formula is C12H22. The second-order valence-corrected chi connectivity index (χ2v) is 5.61. The summed E-state index contributed by atoms with van der Waals surface area (Å²) in [6.45, 7) is 9.82. The van der Waals surface area contributed by atoms with Gasteiger partial charge in [0.05, 0.1) is 0 Å². The average molecular weight is 166 g/mol. The van der Waals surface area contributed by atoms with Crippen LogP contribution in [0.4, 0.5) is 0 Å². The Morgan fingerprint density at radius 1 is 1.25 bits per heavy atom. The number of rotatable bonds is 1. The lowest BCUT2D eigenvalue weighted by Gasteiger charge is -2.63. The van der Waals surface area contributed by atoms with E-state index in [1.807, 2.05) is 0 Å². The van der Waals surface area contributed by atoms with E-state index in [4.69, 9.17) is 0 Å². The van der Waals surface area contributed by atoms with Gasteiger partial charge < -0.3 is 0 Å². The van der Waals surface area contributed by atoms with Crippen LogP contribution in [-0.2, 0) is 0 Å². The minimum absolute atomic E-state index is 0.706. The van der Waals surface area contributed by atoms with Crippen LogP contribution in [-0.4, -0.2) is 0 Å². The van der Waals surface area contributed by atoms with E-state index in [1.54, 1.807) is 0 Å². The van der Waals surface area contributed by atoms with Gasteiger partial charge in [-0.1, -0.05) is 34.1 Å². The van der Waals surface area contributed by atoms with Gasteiger partial charge in [-0.15, -0.1) is 0 Å². The fourth-order valence-electron chi connectivity index (χ4n) is 3.80. The van der Waals surface area contributed by atoms with E-state index in [9.17, 15) is 0 Å². The lowest BCUT2D eigenvalue weighted by molar-refractivity contribution is -0.142. The van der Waals surface area contributed by atoms with Crippen LogP contribution in [0.2, 0.25) is 0 Å². The summed E-state index contributed by atoms with van der Waals surface area (Å²) in [5.41, 5.74) is 0.706. The monoisotopic (exact) mass is 166 g/mol. The lowest BCUT2D eigenvalue weighted by atomic mass is 9.42. The van der Waals surface area contributed by atoms with Crippen LogP contribution in [0.3, 0.4) is 0 Å². The molecule has 0 aliphatic heterocycles. The number of hydrogen-bond acceptors (Lipinski definition) is 0. The van der Waals surface area contributed by atoms with Gasteiger partial charge in [-0.3, -0.25) is 0 Å². The Balaban J connectivity index is 2.18. The number of hydrogen-bond donors (Lipinski definition) is 0. The Bertz CT molecular complexity index is 180. The summed E-state index contributed by atoms with van der Waals surface area (Å²) in [6.07, 6.45) is 4.54. The van der Waals surface area contributed by atoms with Gasteiger partial charge in [-0.25, -0.2) is 0 Å². The first kappa shape index (κ1) is 8.59. The molecule has 0 saturated heterocycles. The molecule has 0 radical (unpaired) electrons. The molecule has 0 aromatic heterocycles. The summed E-state index contributed by atoms with van der Waals surface area (Å²) < 4.78 is 0. The molecule has 2 unspecified atom stereocenters. The molecule has 4 atom stereocenters. The Labute approximate surface area is 76.7 Å². The van der Waals surface area contributed by atoms with Crippen molar-refractivity contribution in [2.45, 2.75) is 47.0 Å². The van der Waals surface area contributed by atoms with Crippen LogP contribution in [0.25, 0.3) is 0 Å². The summed E-state index contributed by atoms with van der Waals surface area (Å²) in [6, 6.07) is 0. The smallest absolute Gasteiger partial charge is 0.0243 e. The maximum atomic E-state index is 2.53. The second-order valence-electron chi connectivity index (χ2n) is 5.61. The van der Waals surface area contributed by atoms with Gasteiger partial charge in [-0.2, -0.15) is 0 Å². The maximum absolute atomic E-state index is 2.53. The third kappa shape index (κ3) is 0.843. The molecule has 3 aliphatic rings. The van der Waals surface area contributed by atoms with E-state index in [-0.39, 0.29) is 0 Å². The Kier molecular flexibility index (Phi) is 1.79. The van der Waals surface area contributed by atoms with Gasteiger partial charge in [0.2, 0.25) is 0 Å². The average Bonchev–Trinajstić information content (AvgIpc) is 2.02. The molecule has 0 amide bonds. The third-order valence-electron chi connectivity index (χ3n) is 5.12. The van der Waals surface area contributed by atoms with Crippen molar-refractivity contribution in [3.8, 4) is 0 Å². The first-order chi connectivity index (χ1) is 5.56. The van der Waals surface area contributed by atoms with E-state index in [1.165, 1.54) is 19.3 Å². The van der Waals surface area contributed by atoms with Crippen LogP contribution in [0.15, 0.2) is 0 Å². The maximum Gasteiger partial charge on any atom is -0.0243 e. The van der Waals surface area contributed by atoms with Crippen molar-refractivity contribution in [3.63, 3.8) is 0 Å².